The summed E-state index contributed by atoms with van der Waals surface area (Å²) in [5.74, 6) is 5.25. The molecule has 0 fully saturated rings. The Morgan fingerprint density at radius 1 is 1.42 bits per heavy atom. The average molecular weight is 291 g/mol. The first-order valence-electron chi connectivity index (χ1n) is 5.80. The van der Waals surface area contributed by atoms with Crippen molar-refractivity contribution in [2.45, 2.75) is 32.6 Å². The number of aliphatic hydroxyl groups is 1. The Labute approximate surface area is 114 Å². The van der Waals surface area contributed by atoms with E-state index in [-0.39, 0.29) is 19.2 Å². The summed E-state index contributed by atoms with van der Waals surface area (Å²) in [6, 6.07) is 1.58. The van der Waals surface area contributed by atoms with Crippen LogP contribution in [0, 0.1) is 11.8 Å². The Bertz CT molecular complexity index is 456. The van der Waals surface area contributed by atoms with Crippen molar-refractivity contribution in [1.82, 2.24) is 4.90 Å². The molecular formula is C13H16F3NOS. The molecule has 0 aliphatic rings. The molecule has 19 heavy (non-hydrogen) atoms. The van der Waals surface area contributed by atoms with E-state index < -0.39 is 12.7 Å². The Hall–Kier alpha value is -1.03. The molecule has 106 valence electrons. The second-order valence-electron chi connectivity index (χ2n) is 4.38. The summed E-state index contributed by atoms with van der Waals surface area (Å²) in [4.78, 5) is 2.20. The zero-order valence-electron chi connectivity index (χ0n) is 10.8. The van der Waals surface area contributed by atoms with E-state index in [0.717, 1.165) is 10.4 Å². The number of hydrogen-bond acceptors (Lipinski definition) is 3. The lowest BCUT2D eigenvalue weighted by molar-refractivity contribution is -0.150. The van der Waals surface area contributed by atoms with Crippen molar-refractivity contribution in [3.63, 3.8) is 0 Å². The number of halogens is 3. The lowest BCUT2D eigenvalue weighted by Crippen LogP contribution is -2.38. The first-order valence-corrected chi connectivity index (χ1v) is 6.67. The van der Waals surface area contributed by atoms with Crippen molar-refractivity contribution in [1.29, 1.82) is 0 Å². The maximum Gasteiger partial charge on any atom is 0.401 e. The summed E-state index contributed by atoms with van der Waals surface area (Å²) >= 11 is 1.38. The molecule has 1 N–H and O–H groups in total. The van der Waals surface area contributed by atoms with Crippen molar-refractivity contribution < 1.29 is 18.3 Å². The van der Waals surface area contributed by atoms with Crippen LogP contribution in [0.15, 0.2) is 11.4 Å². The van der Waals surface area contributed by atoms with Gasteiger partial charge in [0.2, 0.25) is 0 Å². The van der Waals surface area contributed by atoms with Crippen LogP contribution < -0.4 is 0 Å². The third-order valence-electron chi connectivity index (χ3n) is 2.44. The first-order chi connectivity index (χ1) is 8.81. The van der Waals surface area contributed by atoms with Gasteiger partial charge in [0.05, 0.1) is 6.54 Å². The van der Waals surface area contributed by atoms with Crippen LogP contribution in [0.4, 0.5) is 13.2 Å². The average Bonchev–Trinajstić information content (AvgIpc) is 2.71. The van der Waals surface area contributed by atoms with Crippen LogP contribution in [0.3, 0.4) is 0 Å². The standard InChI is InChI=1S/C13H16F3NOS/c1-10(2)17(9-13(14,15)16)7-12-6-11(8-19-12)4-3-5-18/h6,8,10,18H,5,7,9H2,1-2H3. The summed E-state index contributed by atoms with van der Waals surface area (Å²) in [5, 5.41) is 10.4. The van der Waals surface area contributed by atoms with E-state index in [1.54, 1.807) is 25.3 Å². The van der Waals surface area contributed by atoms with E-state index in [1.165, 1.54) is 16.2 Å². The van der Waals surface area contributed by atoms with E-state index >= 15 is 0 Å². The topological polar surface area (TPSA) is 23.5 Å². The predicted octanol–water partition coefficient (Wildman–Crippen LogP) is 2.86. The Balaban J connectivity index is 2.71. The van der Waals surface area contributed by atoms with Crippen LogP contribution in [0.2, 0.25) is 0 Å². The van der Waals surface area contributed by atoms with E-state index in [0.29, 0.717) is 0 Å². The van der Waals surface area contributed by atoms with Crippen LogP contribution in [-0.4, -0.2) is 35.4 Å². The number of aliphatic hydroxyl groups excluding tert-OH is 1. The van der Waals surface area contributed by atoms with Crippen LogP contribution in [0.25, 0.3) is 0 Å². The maximum absolute atomic E-state index is 12.5. The molecule has 1 aromatic heterocycles. The highest BCUT2D eigenvalue weighted by molar-refractivity contribution is 7.10. The van der Waals surface area contributed by atoms with Gasteiger partial charge in [0, 0.05) is 28.4 Å². The van der Waals surface area contributed by atoms with Crippen LogP contribution in [0.5, 0.6) is 0 Å². The zero-order valence-corrected chi connectivity index (χ0v) is 11.6. The van der Waals surface area contributed by atoms with Crippen LogP contribution >= 0.6 is 11.3 Å². The lowest BCUT2D eigenvalue weighted by atomic mass is 10.2. The monoisotopic (exact) mass is 291 g/mol. The Kier molecular flexibility index (Phi) is 5.85. The van der Waals surface area contributed by atoms with E-state index in [4.69, 9.17) is 5.11 Å². The summed E-state index contributed by atoms with van der Waals surface area (Å²) in [6.07, 6.45) is -4.19. The molecule has 0 aliphatic carbocycles. The van der Waals surface area contributed by atoms with Crippen molar-refractivity contribution in [3.8, 4) is 11.8 Å². The molecule has 0 saturated carbocycles. The van der Waals surface area contributed by atoms with Crippen molar-refractivity contribution in [3.05, 3.63) is 21.9 Å². The van der Waals surface area contributed by atoms with Gasteiger partial charge in [0.15, 0.2) is 0 Å². The molecule has 6 heteroatoms. The van der Waals surface area contributed by atoms with Gasteiger partial charge in [-0.3, -0.25) is 4.90 Å². The van der Waals surface area contributed by atoms with Crippen LogP contribution in [0.1, 0.15) is 24.3 Å². The highest BCUT2D eigenvalue weighted by Gasteiger charge is 2.31. The van der Waals surface area contributed by atoms with Gasteiger partial charge < -0.3 is 5.11 Å². The summed E-state index contributed by atoms with van der Waals surface area (Å²) < 4.78 is 37.4. The number of alkyl halides is 3. The minimum atomic E-state index is -4.19. The molecule has 0 atom stereocenters. The first kappa shape index (κ1) is 16.0. The third kappa shape index (κ3) is 6.10. The molecule has 2 nitrogen and oxygen atoms in total. The van der Waals surface area contributed by atoms with Gasteiger partial charge in [-0.05, 0) is 19.9 Å². The molecule has 0 saturated heterocycles. The summed E-state index contributed by atoms with van der Waals surface area (Å²) in [6.45, 7) is 2.60. The van der Waals surface area contributed by atoms with Crippen LogP contribution in [-0.2, 0) is 6.54 Å². The van der Waals surface area contributed by atoms with Gasteiger partial charge in [-0.1, -0.05) is 11.8 Å². The highest BCUT2D eigenvalue weighted by Crippen LogP contribution is 2.22. The van der Waals surface area contributed by atoms with Gasteiger partial charge in [0.1, 0.15) is 6.61 Å². The number of thiophene rings is 1. The van der Waals surface area contributed by atoms with E-state index in [1.807, 2.05) is 0 Å². The largest absolute Gasteiger partial charge is 0.401 e. The van der Waals surface area contributed by atoms with Gasteiger partial charge >= 0.3 is 6.18 Å². The molecule has 0 radical (unpaired) electrons. The number of hydrogen-bond donors (Lipinski definition) is 1. The molecule has 1 aromatic rings. The van der Waals surface area contributed by atoms with E-state index in [2.05, 4.69) is 11.8 Å². The SMILES string of the molecule is CC(C)N(Cc1cc(C#CCO)cs1)CC(F)(F)F. The quantitative estimate of drug-likeness (QED) is 0.862. The molecule has 0 spiro atoms. The predicted molar refractivity (Wildman–Crippen MR) is 69.9 cm³/mol. The van der Waals surface area contributed by atoms with E-state index in [9.17, 15) is 13.2 Å². The highest BCUT2D eigenvalue weighted by atomic mass is 32.1. The molecule has 0 unspecified atom stereocenters. The molecule has 0 aliphatic heterocycles. The summed E-state index contributed by atoms with van der Waals surface area (Å²) in [5.41, 5.74) is 0.727. The fraction of sp³-hybridized carbons (Fsp3) is 0.538. The summed E-state index contributed by atoms with van der Waals surface area (Å²) in [7, 11) is 0. The fourth-order valence-corrected chi connectivity index (χ4v) is 2.36. The molecule has 0 bridgehead atoms. The third-order valence-corrected chi connectivity index (χ3v) is 3.36. The molecule has 0 amide bonds. The van der Waals surface area contributed by atoms with Gasteiger partial charge in [-0.25, -0.2) is 0 Å². The Morgan fingerprint density at radius 3 is 2.63 bits per heavy atom. The van der Waals surface area contributed by atoms with Crippen molar-refractivity contribution in [2.75, 3.05) is 13.2 Å². The Morgan fingerprint density at radius 2 is 2.11 bits per heavy atom. The number of nitrogens with zero attached hydrogens (tertiary/aromatic N) is 1. The van der Waals surface area contributed by atoms with Gasteiger partial charge in [-0.15, -0.1) is 11.3 Å². The fourth-order valence-electron chi connectivity index (χ4n) is 1.52. The molecule has 0 aromatic carbocycles. The molecular weight excluding hydrogens is 275 g/mol. The van der Waals surface area contributed by atoms with Gasteiger partial charge in [-0.2, -0.15) is 13.2 Å². The second-order valence-corrected chi connectivity index (χ2v) is 5.37. The van der Waals surface area contributed by atoms with Crippen molar-refractivity contribution in [2.24, 2.45) is 0 Å². The molecule has 1 heterocycles. The number of rotatable bonds is 4. The lowest BCUT2D eigenvalue weighted by Gasteiger charge is -2.26. The smallest absolute Gasteiger partial charge is 0.384 e. The molecule has 1 rings (SSSR count). The zero-order chi connectivity index (χ0) is 14.5. The second kappa shape index (κ2) is 6.94. The normalized spacial score (nSPS) is 11.8. The maximum atomic E-state index is 12.5. The minimum Gasteiger partial charge on any atom is -0.384 e. The minimum absolute atomic E-state index is 0.185. The van der Waals surface area contributed by atoms with Crippen molar-refractivity contribution >= 4 is 11.3 Å². The van der Waals surface area contributed by atoms with Gasteiger partial charge in [0.25, 0.3) is 0 Å².